The zero-order valence-electron chi connectivity index (χ0n) is 13.6. The quantitative estimate of drug-likeness (QED) is 0.256. The Morgan fingerprint density at radius 1 is 0.538 bits per heavy atom. The van der Waals surface area contributed by atoms with Crippen LogP contribution in [0, 0.1) is 0 Å². The minimum Gasteiger partial charge on any atom is -0.399 e. The first-order valence-corrected chi connectivity index (χ1v) is 8.12. The van der Waals surface area contributed by atoms with Crippen LogP contribution in [0.4, 0.5) is 11.4 Å². The number of aromatic amines is 2. The highest BCUT2D eigenvalue weighted by Crippen LogP contribution is 2.23. The first-order valence-electron chi connectivity index (χ1n) is 8.12. The summed E-state index contributed by atoms with van der Waals surface area (Å²) in [5.74, 6) is 0. The van der Waals surface area contributed by atoms with Crippen molar-refractivity contribution in [2.45, 2.75) is 0 Å². The Morgan fingerprint density at radius 3 is 1.35 bits per heavy atom. The van der Waals surface area contributed by atoms with Crippen LogP contribution in [0.3, 0.4) is 0 Å². The lowest BCUT2D eigenvalue weighted by molar-refractivity contribution is 1.46. The second-order valence-corrected chi connectivity index (χ2v) is 6.46. The van der Waals surface area contributed by atoms with E-state index in [1.807, 2.05) is 0 Å². The van der Waals surface area contributed by atoms with Crippen LogP contribution in [0.5, 0.6) is 0 Å². The Balaban J connectivity index is 2.00. The van der Waals surface area contributed by atoms with Gasteiger partial charge in [0.1, 0.15) is 0 Å². The molecule has 0 saturated carbocycles. The van der Waals surface area contributed by atoms with Crippen molar-refractivity contribution in [2.24, 2.45) is 0 Å². The van der Waals surface area contributed by atoms with E-state index in [0.717, 1.165) is 0 Å². The first-order chi connectivity index (χ1) is 12.5. The van der Waals surface area contributed by atoms with Gasteiger partial charge in [-0.2, -0.15) is 0 Å². The number of pyridine rings is 2. The number of nitrogens with two attached hydrogens (primary N) is 2. The van der Waals surface area contributed by atoms with Gasteiger partial charge in [-0.3, -0.25) is 9.59 Å². The Labute approximate surface area is 146 Å². The van der Waals surface area contributed by atoms with Crippen molar-refractivity contribution < 1.29 is 0 Å². The highest BCUT2D eigenvalue weighted by molar-refractivity contribution is 6.03. The largest absolute Gasteiger partial charge is 0.399 e. The van der Waals surface area contributed by atoms with E-state index in [1.54, 1.807) is 48.5 Å². The Hall–Kier alpha value is -3.80. The number of hydrogen-bond acceptors (Lipinski definition) is 4. The molecule has 0 unspecified atom stereocenters. The molecule has 0 atom stereocenters. The number of nitrogens with one attached hydrogen (secondary N) is 2. The van der Waals surface area contributed by atoms with E-state index in [2.05, 4.69) is 9.97 Å². The fraction of sp³-hybridized carbons (Fsp3) is 0. The van der Waals surface area contributed by atoms with E-state index in [9.17, 15) is 9.59 Å². The molecule has 6 heteroatoms. The maximum atomic E-state index is 12.9. The lowest BCUT2D eigenvalue weighted by Crippen LogP contribution is -2.08. The van der Waals surface area contributed by atoms with Crippen molar-refractivity contribution in [3.8, 4) is 0 Å². The number of anilines is 2. The Bertz CT molecular complexity index is 1380. The molecule has 0 aliphatic carbocycles. The molecule has 2 heterocycles. The summed E-state index contributed by atoms with van der Waals surface area (Å²) in [5, 5.41) is 2.04. The predicted octanol–water partition coefficient (Wildman–Crippen LogP) is 2.84. The van der Waals surface area contributed by atoms with Gasteiger partial charge in [-0.1, -0.05) is 0 Å². The van der Waals surface area contributed by atoms with E-state index < -0.39 is 0 Å². The number of H-pyrrole nitrogens is 2. The zero-order valence-corrected chi connectivity index (χ0v) is 13.6. The Morgan fingerprint density at radius 2 is 0.923 bits per heavy atom. The van der Waals surface area contributed by atoms with Crippen LogP contribution in [0.2, 0.25) is 0 Å². The summed E-state index contributed by atoms with van der Waals surface area (Å²) < 4.78 is 0. The van der Waals surface area contributed by atoms with Crippen LogP contribution in [0.1, 0.15) is 0 Å². The molecule has 0 spiro atoms. The summed E-state index contributed by atoms with van der Waals surface area (Å²) in [6, 6.07) is 13.7. The number of nitrogen functional groups attached to an aromatic ring is 2. The molecule has 0 aliphatic heterocycles. The van der Waals surface area contributed by atoms with Crippen LogP contribution in [-0.4, -0.2) is 9.97 Å². The molecular formula is C20H14N4O2. The minimum atomic E-state index is -0.124. The smallest absolute Gasteiger partial charge is 0.197 e. The molecular weight excluding hydrogens is 328 g/mol. The topological polar surface area (TPSA) is 118 Å². The Kier molecular flexibility index (Phi) is 2.72. The van der Waals surface area contributed by atoms with E-state index in [4.69, 9.17) is 11.5 Å². The van der Waals surface area contributed by atoms with Gasteiger partial charge < -0.3 is 21.4 Å². The van der Waals surface area contributed by atoms with Crippen LogP contribution in [-0.2, 0) is 0 Å². The number of hydrogen-bond donors (Lipinski definition) is 4. The summed E-state index contributed by atoms with van der Waals surface area (Å²) in [6.45, 7) is 0. The summed E-state index contributed by atoms with van der Waals surface area (Å²) in [6.07, 6.45) is 0. The highest BCUT2D eigenvalue weighted by Gasteiger charge is 2.11. The maximum Gasteiger partial charge on any atom is 0.197 e. The van der Waals surface area contributed by atoms with Gasteiger partial charge in [0.25, 0.3) is 0 Å². The van der Waals surface area contributed by atoms with Crippen molar-refractivity contribution in [1.29, 1.82) is 0 Å². The number of benzene rings is 3. The summed E-state index contributed by atoms with van der Waals surface area (Å²) >= 11 is 0. The van der Waals surface area contributed by atoms with Gasteiger partial charge >= 0.3 is 0 Å². The standard InChI is InChI=1S/C20H14N4O2/c21-9-1-3-15-11(5-9)19(25)13-8-18-14(7-17(13)23-15)20(26)12-6-10(22)2-4-16(12)24-18/h1-8H,21-22H2,(H,23,25)(H,24,26). The molecule has 5 rings (SSSR count). The number of fused-ring (bicyclic) bond motifs is 4. The van der Waals surface area contributed by atoms with E-state index in [0.29, 0.717) is 55.0 Å². The second-order valence-electron chi connectivity index (χ2n) is 6.46. The van der Waals surface area contributed by atoms with Crippen LogP contribution in [0.25, 0.3) is 43.6 Å². The summed E-state index contributed by atoms with van der Waals surface area (Å²) in [7, 11) is 0. The molecule has 126 valence electrons. The van der Waals surface area contributed by atoms with Crippen LogP contribution < -0.4 is 22.3 Å². The van der Waals surface area contributed by atoms with E-state index >= 15 is 0 Å². The fourth-order valence-corrected chi connectivity index (χ4v) is 3.48. The molecule has 26 heavy (non-hydrogen) atoms. The molecule has 0 aliphatic rings. The highest BCUT2D eigenvalue weighted by atomic mass is 16.1. The maximum absolute atomic E-state index is 12.9. The number of rotatable bonds is 0. The normalized spacial score (nSPS) is 11.7. The predicted molar refractivity (Wildman–Crippen MR) is 107 cm³/mol. The third-order valence-corrected chi connectivity index (χ3v) is 4.76. The third kappa shape index (κ3) is 1.92. The monoisotopic (exact) mass is 342 g/mol. The number of aromatic nitrogens is 2. The summed E-state index contributed by atoms with van der Waals surface area (Å²) in [4.78, 5) is 32.2. The van der Waals surface area contributed by atoms with E-state index in [-0.39, 0.29) is 10.9 Å². The average Bonchev–Trinajstić information content (AvgIpc) is 2.63. The van der Waals surface area contributed by atoms with Gasteiger partial charge in [-0.05, 0) is 48.5 Å². The molecule has 0 amide bonds. The van der Waals surface area contributed by atoms with Crippen molar-refractivity contribution in [1.82, 2.24) is 9.97 Å². The van der Waals surface area contributed by atoms with Gasteiger partial charge in [0, 0.05) is 44.0 Å². The van der Waals surface area contributed by atoms with Crippen molar-refractivity contribution in [3.63, 3.8) is 0 Å². The molecule has 0 fully saturated rings. The van der Waals surface area contributed by atoms with Crippen molar-refractivity contribution in [2.75, 3.05) is 11.5 Å². The first kappa shape index (κ1) is 14.5. The molecule has 2 aromatic heterocycles. The van der Waals surface area contributed by atoms with Gasteiger partial charge in [-0.15, -0.1) is 0 Å². The van der Waals surface area contributed by atoms with Gasteiger partial charge in [0.15, 0.2) is 10.9 Å². The molecule has 0 saturated heterocycles. The van der Waals surface area contributed by atoms with Crippen molar-refractivity contribution >= 4 is 55.0 Å². The lowest BCUT2D eigenvalue weighted by atomic mass is 10.0. The molecule has 3 aromatic carbocycles. The second kappa shape index (κ2) is 4.86. The molecule has 5 aromatic rings. The molecule has 0 radical (unpaired) electrons. The summed E-state index contributed by atoms with van der Waals surface area (Å²) in [5.41, 5.74) is 15.0. The molecule has 0 bridgehead atoms. The van der Waals surface area contributed by atoms with Gasteiger partial charge in [-0.25, -0.2) is 0 Å². The lowest BCUT2D eigenvalue weighted by Gasteiger charge is -2.07. The van der Waals surface area contributed by atoms with Gasteiger partial charge in [0.2, 0.25) is 0 Å². The fourth-order valence-electron chi connectivity index (χ4n) is 3.48. The van der Waals surface area contributed by atoms with Crippen LogP contribution in [0.15, 0.2) is 58.1 Å². The minimum absolute atomic E-state index is 0.124. The van der Waals surface area contributed by atoms with Crippen LogP contribution >= 0.6 is 0 Å². The zero-order chi connectivity index (χ0) is 18.0. The molecule has 6 N–H and O–H groups in total. The van der Waals surface area contributed by atoms with E-state index in [1.165, 1.54) is 0 Å². The molecule has 6 nitrogen and oxygen atoms in total. The average molecular weight is 342 g/mol. The SMILES string of the molecule is Nc1ccc2[nH]c3cc4c(=O)c5cc(N)ccc5[nH]c4cc3c(=O)c2c1. The van der Waals surface area contributed by atoms with Gasteiger partial charge in [0.05, 0.1) is 11.0 Å². The van der Waals surface area contributed by atoms with Crippen molar-refractivity contribution in [3.05, 3.63) is 69.0 Å². The third-order valence-electron chi connectivity index (χ3n) is 4.76.